The van der Waals surface area contributed by atoms with Crippen molar-refractivity contribution in [2.75, 3.05) is 13.7 Å². The molecular formula is C12H19ClN2O2. The molecule has 1 rings (SSSR count). The molecule has 1 aromatic rings. The monoisotopic (exact) mass is 258 g/mol. The second-order valence-corrected chi connectivity index (χ2v) is 3.67. The summed E-state index contributed by atoms with van der Waals surface area (Å²) in [5.74, 6) is -0.169. The van der Waals surface area contributed by atoms with E-state index in [1.54, 1.807) is 14.0 Å². The standard InChI is InChI=1S/C12H18N2O2.ClH/c1-9(13)12(15)14-8-11(16-2)10-6-4-3-5-7-10;/h3-7,9,11H,8,13H2,1-2H3,(H,14,15);1H/t9-,11?;/m0./s1. The largest absolute Gasteiger partial charge is 0.375 e. The van der Waals surface area contributed by atoms with Gasteiger partial charge in [0.05, 0.1) is 12.1 Å². The van der Waals surface area contributed by atoms with Crippen LogP contribution in [0.15, 0.2) is 30.3 Å². The van der Waals surface area contributed by atoms with Crippen LogP contribution in [0.4, 0.5) is 0 Å². The lowest BCUT2D eigenvalue weighted by Crippen LogP contribution is -2.40. The summed E-state index contributed by atoms with van der Waals surface area (Å²) >= 11 is 0. The zero-order chi connectivity index (χ0) is 12.0. The molecule has 96 valence electrons. The lowest BCUT2D eigenvalue weighted by Gasteiger charge is -2.17. The average molecular weight is 259 g/mol. The van der Waals surface area contributed by atoms with Crippen molar-refractivity contribution in [2.45, 2.75) is 19.1 Å². The van der Waals surface area contributed by atoms with Crippen LogP contribution < -0.4 is 11.1 Å². The number of ether oxygens (including phenoxy) is 1. The van der Waals surface area contributed by atoms with E-state index in [0.29, 0.717) is 6.54 Å². The molecule has 1 aromatic carbocycles. The third kappa shape index (κ3) is 5.17. The number of halogens is 1. The van der Waals surface area contributed by atoms with Crippen LogP contribution in [-0.2, 0) is 9.53 Å². The molecule has 0 aromatic heterocycles. The Bertz CT molecular complexity index is 331. The van der Waals surface area contributed by atoms with Gasteiger partial charge in [0.25, 0.3) is 0 Å². The van der Waals surface area contributed by atoms with Gasteiger partial charge in [0.15, 0.2) is 0 Å². The number of benzene rings is 1. The maximum atomic E-state index is 11.3. The highest BCUT2D eigenvalue weighted by Crippen LogP contribution is 2.14. The second kappa shape index (κ2) is 8.06. The fourth-order valence-electron chi connectivity index (χ4n) is 1.36. The van der Waals surface area contributed by atoms with E-state index in [4.69, 9.17) is 10.5 Å². The molecule has 2 atom stereocenters. The number of nitrogens with two attached hydrogens (primary N) is 1. The zero-order valence-electron chi connectivity index (χ0n) is 10.1. The van der Waals surface area contributed by atoms with Gasteiger partial charge in [0, 0.05) is 13.7 Å². The van der Waals surface area contributed by atoms with Crippen LogP contribution in [0.2, 0.25) is 0 Å². The van der Waals surface area contributed by atoms with Crippen molar-refractivity contribution in [2.24, 2.45) is 5.73 Å². The smallest absolute Gasteiger partial charge is 0.236 e. The lowest BCUT2D eigenvalue weighted by atomic mass is 10.1. The Hall–Kier alpha value is -1.10. The maximum Gasteiger partial charge on any atom is 0.236 e. The summed E-state index contributed by atoms with van der Waals surface area (Å²) in [5.41, 5.74) is 6.49. The molecule has 1 amide bonds. The van der Waals surface area contributed by atoms with Crippen LogP contribution in [0.25, 0.3) is 0 Å². The molecule has 5 heteroatoms. The third-order valence-electron chi connectivity index (χ3n) is 2.33. The van der Waals surface area contributed by atoms with Crippen molar-refractivity contribution in [1.29, 1.82) is 0 Å². The van der Waals surface area contributed by atoms with Crippen molar-refractivity contribution in [3.8, 4) is 0 Å². The summed E-state index contributed by atoms with van der Waals surface area (Å²) in [7, 11) is 1.62. The Morgan fingerprint density at radius 3 is 2.47 bits per heavy atom. The number of amides is 1. The highest BCUT2D eigenvalue weighted by molar-refractivity contribution is 5.85. The van der Waals surface area contributed by atoms with Gasteiger partial charge in [-0.1, -0.05) is 30.3 Å². The van der Waals surface area contributed by atoms with Gasteiger partial charge >= 0.3 is 0 Å². The molecule has 17 heavy (non-hydrogen) atoms. The van der Waals surface area contributed by atoms with Crippen molar-refractivity contribution in [1.82, 2.24) is 5.32 Å². The minimum atomic E-state index is -0.492. The normalized spacial score (nSPS) is 13.4. The summed E-state index contributed by atoms with van der Waals surface area (Å²) in [6, 6.07) is 9.26. The van der Waals surface area contributed by atoms with Gasteiger partial charge in [-0.05, 0) is 12.5 Å². The Morgan fingerprint density at radius 2 is 2.00 bits per heavy atom. The first kappa shape index (κ1) is 15.9. The number of hydrogen-bond donors (Lipinski definition) is 2. The van der Waals surface area contributed by atoms with Crippen molar-refractivity contribution < 1.29 is 9.53 Å². The van der Waals surface area contributed by atoms with Gasteiger partial charge < -0.3 is 15.8 Å². The number of methoxy groups -OCH3 is 1. The molecule has 0 bridgehead atoms. The summed E-state index contributed by atoms with van der Waals surface area (Å²) in [6.07, 6.45) is -0.135. The molecule has 0 heterocycles. The molecule has 0 fully saturated rings. The summed E-state index contributed by atoms with van der Waals surface area (Å²) in [6.45, 7) is 2.08. The topological polar surface area (TPSA) is 64.3 Å². The SMILES string of the molecule is COC(CNC(=O)[C@H](C)N)c1ccccc1.Cl. The fourth-order valence-corrected chi connectivity index (χ4v) is 1.36. The second-order valence-electron chi connectivity index (χ2n) is 3.67. The summed E-state index contributed by atoms with van der Waals surface area (Å²) in [5, 5.41) is 2.74. The van der Waals surface area contributed by atoms with Crippen LogP contribution in [0, 0.1) is 0 Å². The van der Waals surface area contributed by atoms with Gasteiger partial charge in [0.2, 0.25) is 5.91 Å². The summed E-state index contributed by atoms with van der Waals surface area (Å²) < 4.78 is 5.31. The van der Waals surface area contributed by atoms with Crippen LogP contribution in [-0.4, -0.2) is 25.6 Å². The van der Waals surface area contributed by atoms with E-state index in [1.807, 2.05) is 30.3 Å². The average Bonchev–Trinajstić information content (AvgIpc) is 2.30. The summed E-state index contributed by atoms with van der Waals surface area (Å²) in [4.78, 5) is 11.3. The number of nitrogens with one attached hydrogen (secondary N) is 1. The van der Waals surface area contributed by atoms with E-state index >= 15 is 0 Å². The molecule has 0 saturated heterocycles. The predicted molar refractivity (Wildman–Crippen MR) is 70.1 cm³/mol. The highest BCUT2D eigenvalue weighted by Gasteiger charge is 2.13. The van der Waals surface area contributed by atoms with Crippen molar-refractivity contribution in [3.05, 3.63) is 35.9 Å². The minimum Gasteiger partial charge on any atom is -0.375 e. The van der Waals surface area contributed by atoms with E-state index in [9.17, 15) is 4.79 Å². The van der Waals surface area contributed by atoms with Gasteiger partial charge in [-0.15, -0.1) is 12.4 Å². The van der Waals surface area contributed by atoms with E-state index in [-0.39, 0.29) is 24.4 Å². The minimum absolute atomic E-state index is 0. The first-order valence-electron chi connectivity index (χ1n) is 5.26. The Morgan fingerprint density at radius 1 is 1.41 bits per heavy atom. The van der Waals surface area contributed by atoms with Gasteiger partial charge in [-0.25, -0.2) is 0 Å². The zero-order valence-corrected chi connectivity index (χ0v) is 10.9. The Labute approximate surface area is 108 Å². The first-order chi connectivity index (χ1) is 7.65. The Kier molecular flexibility index (Phi) is 7.54. The Balaban J connectivity index is 0.00000256. The number of hydrogen-bond acceptors (Lipinski definition) is 3. The lowest BCUT2D eigenvalue weighted by molar-refractivity contribution is -0.122. The van der Waals surface area contributed by atoms with E-state index in [2.05, 4.69) is 5.32 Å². The number of rotatable bonds is 5. The number of carbonyl (C=O) groups is 1. The van der Waals surface area contributed by atoms with Gasteiger partial charge in [0.1, 0.15) is 0 Å². The maximum absolute atomic E-state index is 11.3. The van der Waals surface area contributed by atoms with E-state index in [1.165, 1.54) is 0 Å². The third-order valence-corrected chi connectivity index (χ3v) is 2.33. The predicted octanol–water partition coefficient (Wildman–Crippen LogP) is 1.26. The molecular weight excluding hydrogens is 240 g/mol. The van der Waals surface area contributed by atoms with Crippen LogP contribution in [0.3, 0.4) is 0 Å². The molecule has 0 radical (unpaired) electrons. The van der Waals surface area contributed by atoms with Crippen LogP contribution in [0.1, 0.15) is 18.6 Å². The molecule has 0 spiro atoms. The quantitative estimate of drug-likeness (QED) is 0.836. The molecule has 0 aliphatic rings. The molecule has 0 aliphatic heterocycles. The van der Waals surface area contributed by atoms with E-state index < -0.39 is 6.04 Å². The van der Waals surface area contributed by atoms with Gasteiger partial charge in [-0.2, -0.15) is 0 Å². The molecule has 1 unspecified atom stereocenters. The number of carbonyl (C=O) groups excluding carboxylic acids is 1. The van der Waals surface area contributed by atoms with Gasteiger partial charge in [-0.3, -0.25) is 4.79 Å². The first-order valence-corrected chi connectivity index (χ1v) is 5.26. The van der Waals surface area contributed by atoms with E-state index in [0.717, 1.165) is 5.56 Å². The molecule has 4 nitrogen and oxygen atoms in total. The fraction of sp³-hybridized carbons (Fsp3) is 0.417. The highest BCUT2D eigenvalue weighted by atomic mass is 35.5. The van der Waals surface area contributed by atoms with Crippen molar-refractivity contribution in [3.63, 3.8) is 0 Å². The molecule has 0 aliphatic carbocycles. The van der Waals surface area contributed by atoms with Crippen molar-refractivity contribution >= 4 is 18.3 Å². The molecule has 0 saturated carbocycles. The van der Waals surface area contributed by atoms with Crippen LogP contribution >= 0.6 is 12.4 Å². The molecule has 3 N–H and O–H groups in total. The van der Waals surface area contributed by atoms with Crippen LogP contribution in [0.5, 0.6) is 0 Å².